The Morgan fingerprint density at radius 1 is 1.03 bits per heavy atom. The van der Waals surface area contributed by atoms with Crippen LogP contribution in [0.4, 0.5) is 10.1 Å². The van der Waals surface area contributed by atoms with Crippen molar-refractivity contribution in [2.75, 3.05) is 12.4 Å². The predicted octanol–water partition coefficient (Wildman–Crippen LogP) is 3.62. The smallest absolute Gasteiger partial charge is 0.339 e. The Morgan fingerprint density at radius 3 is 2.53 bits per heavy atom. The fourth-order valence-electron chi connectivity index (χ4n) is 3.36. The number of aromatic nitrogens is 2. The van der Waals surface area contributed by atoms with Gasteiger partial charge in [-0.3, -0.25) is 14.2 Å². The van der Waals surface area contributed by atoms with Crippen molar-refractivity contribution in [3.63, 3.8) is 0 Å². The van der Waals surface area contributed by atoms with Crippen molar-refractivity contribution < 1.29 is 18.7 Å². The standard InChI is InChI=1S/C24H18FN3O4/c1-32-24(31)18-6-2-3-7-20(18)27-22(29)19-13-16-5-4-12-26-21(16)28(23(19)30)14-15-8-10-17(25)11-9-15/h2-13H,14H2,1H3,(H,27,29). The van der Waals surface area contributed by atoms with Crippen molar-refractivity contribution in [2.24, 2.45) is 0 Å². The molecular formula is C24H18FN3O4. The van der Waals surface area contributed by atoms with Gasteiger partial charge < -0.3 is 10.1 Å². The summed E-state index contributed by atoms with van der Waals surface area (Å²) in [6, 6.07) is 17.0. The second-order valence-corrected chi connectivity index (χ2v) is 6.98. The monoisotopic (exact) mass is 431 g/mol. The quantitative estimate of drug-likeness (QED) is 0.488. The molecule has 1 N–H and O–H groups in total. The predicted molar refractivity (Wildman–Crippen MR) is 117 cm³/mol. The maximum Gasteiger partial charge on any atom is 0.339 e. The molecule has 0 aliphatic rings. The number of rotatable bonds is 5. The zero-order valence-electron chi connectivity index (χ0n) is 17.0. The number of pyridine rings is 2. The highest BCUT2D eigenvalue weighted by Gasteiger charge is 2.19. The highest BCUT2D eigenvalue weighted by Crippen LogP contribution is 2.18. The minimum Gasteiger partial charge on any atom is -0.465 e. The van der Waals surface area contributed by atoms with Crippen LogP contribution in [0.5, 0.6) is 0 Å². The van der Waals surface area contributed by atoms with Gasteiger partial charge >= 0.3 is 5.97 Å². The molecule has 7 nitrogen and oxygen atoms in total. The van der Waals surface area contributed by atoms with Gasteiger partial charge in [-0.05, 0) is 48.0 Å². The van der Waals surface area contributed by atoms with Gasteiger partial charge in [0.25, 0.3) is 11.5 Å². The SMILES string of the molecule is COC(=O)c1ccccc1NC(=O)c1cc2cccnc2n(Cc2ccc(F)cc2)c1=O. The Hall–Kier alpha value is -4.33. The molecule has 2 heterocycles. The molecule has 0 bridgehead atoms. The number of benzene rings is 2. The summed E-state index contributed by atoms with van der Waals surface area (Å²) in [4.78, 5) is 42.6. The molecule has 8 heteroatoms. The molecule has 0 aliphatic heterocycles. The Kier molecular flexibility index (Phi) is 5.76. The number of hydrogen-bond donors (Lipinski definition) is 1. The van der Waals surface area contributed by atoms with E-state index in [0.717, 1.165) is 0 Å². The van der Waals surface area contributed by atoms with Gasteiger partial charge in [0.2, 0.25) is 0 Å². The molecular weight excluding hydrogens is 413 g/mol. The van der Waals surface area contributed by atoms with Crippen LogP contribution in [0.1, 0.15) is 26.3 Å². The Labute approximate surface area is 182 Å². The number of nitrogens with one attached hydrogen (secondary N) is 1. The highest BCUT2D eigenvalue weighted by molar-refractivity contribution is 6.08. The summed E-state index contributed by atoms with van der Waals surface area (Å²) in [5.41, 5.74) is 0.779. The van der Waals surface area contributed by atoms with Crippen LogP contribution in [0.25, 0.3) is 11.0 Å². The van der Waals surface area contributed by atoms with Crippen LogP contribution in [0, 0.1) is 5.82 Å². The van der Waals surface area contributed by atoms with E-state index >= 15 is 0 Å². The van der Waals surface area contributed by atoms with E-state index in [1.54, 1.807) is 48.7 Å². The Morgan fingerprint density at radius 2 is 1.78 bits per heavy atom. The first-order chi connectivity index (χ1) is 15.5. The molecule has 2 aromatic heterocycles. The number of methoxy groups -OCH3 is 1. The first-order valence-corrected chi connectivity index (χ1v) is 9.69. The molecule has 0 aliphatic carbocycles. The molecule has 1 amide bonds. The molecule has 0 atom stereocenters. The largest absolute Gasteiger partial charge is 0.465 e. The number of para-hydroxylation sites is 1. The molecule has 4 rings (SSSR count). The lowest BCUT2D eigenvalue weighted by atomic mass is 10.1. The van der Waals surface area contributed by atoms with Crippen molar-refractivity contribution in [2.45, 2.75) is 6.54 Å². The average molecular weight is 431 g/mol. The van der Waals surface area contributed by atoms with Crippen LogP contribution in [0.2, 0.25) is 0 Å². The lowest BCUT2D eigenvalue weighted by Gasteiger charge is -2.13. The Balaban J connectivity index is 1.77. The third-order valence-corrected chi connectivity index (χ3v) is 4.93. The molecule has 0 unspecified atom stereocenters. The number of ether oxygens (including phenoxy) is 1. The molecule has 0 radical (unpaired) electrons. The van der Waals surface area contributed by atoms with Gasteiger partial charge in [-0.1, -0.05) is 24.3 Å². The van der Waals surface area contributed by atoms with Gasteiger partial charge in [0.1, 0.15) is 17.0 Å². The van der Waals surface area contributed by atoms with E-state index in [2.05, 4.69) is 10.3 Å². The van der Waals surface area contributed by atoms with Crippen molar-refractivity contribution in [3.8, 4) is 0 Å². The van der Waals surface area contributed by atoms with Gasteiger partial charge in [0, 0.05) is 11.6 Å². The van der Waals surface area contributed by atoms with Crippen LogP contribution >= 0.6 is 0 Å². The third kappa shape index (κ3) is 4.11. The summed E-state index contributed by atoms with van der Waals surface area (Å²) >= 11 is 0. The van der Waals surface area contributed by atoms with Crippen LogP contribution in [-0.2, 0) is 11.3 Å². The van der Waals surface area contributed by atoms with Crippen molar-refractivity contribution in [1.29, 1.82) is 0 Å². The minimum absolute atomic E-state index is 0.104. The van der Waals surface area contributed by atoms with E-state index in [1.165, 1.54) is 35.9 Å². The zero-order valence-corrected chi connectivity index (χ0v) is 17.0. The van der Waals surface area contributed by atoms with Crippen molar-refractivity contribution in [3.05, 3.63) is 106 Å². The number of hydrogen-bond acceptors (Lipinski definition) is 5. The second kappa shape index (κ2) is 8.81. The molecule has 0 saturated carbocycles. The topological polar surface area (TPSA) is 90.3 Å². The fraction of sp³-hybridized carbons (Fsp3) is 0.0833. The number of nitrogens with zero attached hydrogens (tertiary/aromatic N) is 2. The maximum absolute atomic E-state index is 13.3. The summed E-state index contributed by atoms with van der Waals surface area (Å²) in [5.74, 6) is -1.68. The lowest BCUT2D eigenvalue weighted by Crippen LogP contribution is -2.30. The van der Waals surface area contributed by atoms with Gasteiger partial charge in [0.15, 0.2) is 0 Å². The number of carbonyl (C=O) groups excluding carboxylic acids is 2. The van der Waals surface area contributed by atoms with Gasteiger partial charge in [-0.2, -0.15) is 0 Å². The van der Waals surface area contributed by atoms with Crippen LogP contribution in [0.15, 0.2) is 77.7 Å². The minimum atomic E-state index is -0.676. The van der Waals surface area contributed by atoms with E-state index in [1.807, 2.05) is 0 Å². The summed E-state index contributed by atoms with van der Waals surface area (Å²) in [7, 11) is 1.24. The number of halogens is 1. The maximum atomic E-state index is 13.3. The summed E-state index contributed by atoms with van der Waals surface area (Å²) in [6.07, 6.45) is 1.55. The number of carbonyl (C=O) groups is 2. The molecule has 2 aromatic carbocycles. The number of anilines is 1. The van der Waals surface area contributed by atoms with E-state index < -0.39 is 17.4 Å². The summed E-state index contributed by atoms with van der Waals surface area (Å²) < 4.78 is 19.4. The van der Waals surface area contributed by atoms with Gasteiger partial charge in [0.05, 0.1) is 24.9 Å². The first-order valence-electron chi connectivity index (χ1n) is 9.69. The van der Waals surface area contributed by atoms with Gasteiger partial charge in [-0.25, -0.2) is 14.2 Å². The molecule has 0 spiro atoms. The molecule has 160 valence electrons. The number of esters is 1. The summed E-state index contributed by atoms with van der Waals surface area (Å²) in [5, 5.41) is 3.21. The van der Waals surface area contributed by atoms with Gasteiger partial charge in [-0.15, -0.1) is 0 Å². The molecule has 32 heavy (non-hydrogen) atoms. The van der Waals surface area contributed by atoms with E-state index in [4.69, 9.17) is 4.74 Å². The normalized spacial score (nSPS) is 10.7. The van der Waals surface area contributed by atoms with Crippen LogP contribution < -0.4 is 10.9 Å². The van der Waals surface area contributed by atoms with Crippen LogP contribution in [0.3, 0.4) is 0 Å². The van der Waals surface area contributed by atoms with Crippen LogP contribution in [-0.4, -0.2) is 28.5 Å². The molecule has 0 fully saturated rings. The summed E-state index contributed by atoms with van der Waals surface area (Å²) in [6.45, 7) is 0.104. The third-order valence-electron chi connectivity index (χ3n) is 4.93. The fourth-order valence-corrected chi connectivity index (χ4v) is 3.36. The zero-order chi connectivity index (χ0) is 22.7. The highest BCUT2D eigenvalue weighted by atomic mass is 19.1. The Bertz CT molecular complexity index is 1380. The number of fused-ring (bicyclic) bond motifs is 1. The second-order valence-electron chi connectivity index (χ2n) is 6.98. The van der Waals surface area contributed by atoms with E-state index in [9.17, 15) is 18.8 Å². The molecule has 0 saturated heterocycles. The van der Waals surface area contributed by atoms with E-state index in [-0.39, 0.29) is 29.2 Å². The first kappa shape index (κ1) is 20.9. The lowest BCUT2D eigenvalue weighted by molar-refractivity contribution is 0.0602. The van der Waals surface area contributed by atoms with E-state index in [0.29, 0.717) is 16.6 Å². The van der Waals surface area contributed by atoms with Crippen molar-refractivity contribution >= 4 is 28.6 Å². The average Bonchev–Trinajstić information content (AvgIpc) is 2.81. The number of amides is 1. The molecule has 4 aromatic rings. The van der Waals surface area contributed by atoms with Crippen molar-refractivity contribution in [1.82, 2.24) is 9.55 Å².